The predicted molar refractivity (Wildman–Crippen MR) is 37.5 cm³/mol. The summed E-state index contributed by atoms with van der Waals surface area (Å²) in [6, 6.07) is 0. The zero-order valence-corrected chi connectivity index (χ0v) is 6.87. The van der Waals surface area contributed by atoms with Gasteiger partial charge in [-0.2, -0.15) is 13.2 Å². The van der Waals surface area contributed by atoms with Gasteiger partial charge in [-0.1, -0.05) is 6.92 Å². The minimum absolute atomic E-state index is 0.0884. The number of hydrogen-bond donors (Lipinski definition) is 0. The molecule has 1 saturated carbocycles. The summed E-state index contributed by atoms with van der Waals surface area (Å²) >= 11 is 0. The van der Waals surface area contributed by atoms with Gasteiger partial charge in [0.1, 0.15) is 6.17 Å². The Bertz CT molecular complexity index is 152. The number of alkyl halides is 4. The molecule has 3 atom stereocenters. The summed E-state index contributed by atoms with van der Waals surface area (Å²) < 4.78 is 49.1. The molecule has 0 nitrogen and oxygen atoms in total. The van der Waals surface area contributed by atoms with Crippen molar-refractivity contribution in [2.45, 2.75) is 38.5 Å². The number of hydrogen-bond acceptors (Lipinski definition) is 0. The first-order valence-electron chi connectivity index (χ1n) is 4.12. The van der Waals surface area contributed by atoms with Crippen LogP contribution < -0.4 is 0 Å². The molecular formula is C8H12F4. The zero-order valence-electron chi connectivity index (χ0n) is 6.87. The first kappa shape index (κ1) is 9.81. The van der Waals surface area contributed by atoms with Crippen LogP contribution in [0.5, 0.6) is 0 Å². The molecule has 1 rings (SSSR count). The summed E-state index contributed by atoms with van der Waals surface area (Å²) in [4.78, 5) is 0. The Morgan fingerprint density at radius 3 is 2.17 bits per heavy atom. The van der Waals surface area contributed by atoms with Crippen molar-refractivity contribution in [2.24, 2.45) is 11.8 Å². The van der Waals surface area contributed by atoms with Crippen LogP contribution in [0.3, 0.4) is 0 Å². The Labute approximate surface area is 69.0 Å². The Morgan fingerprint density at radius 2 is 1.75 bits per heavy atom. The molecule has 0 aromatic carbocycles. The van der Waals surface area contributed by atoms with Crippen molar-refractivity contribution >= 4 is 0 Å². The van der Waals surface area contributed by atoms with E-state index in [-0.39, 0.29) is 18.8 Å². The molecular weight excluding hydrogens is 172 g/mol. The van der Waals surface area contributed by atoms with Gasteiger partial charge in [0.2, 0.25) is 0 Å². The molecule has 0 heterocycles. The normalized spacial score (nSPS) is 38.2. The molecule has 12 heavy (non-hydrogen) atoms. The topological polar surface area (TPSA) is 0 Å². The highest BCUT2D eigenvalue weighted by molar-refractivity contribution is 4.81. The second-order valence-corrected chi connectivity index (χ2v) is 3.54. The lowest BCUT2D eigenvalue weighted by molar-refractivity contribution is -0.189. The molecule has 1 fully saturated rings. The molecule has 1 aliphatic rings. The first-order valence-corrected chi connectivity index (χ1v) is 4.12. The van der Waals surface area contributed by atoms with Crippen molar-refractivity contribution < 1.29 is 17.6 Å². The van der Waals surface area contributed by atoms with Crippen molar-refractivity contribution in [3.8, 4) is 0 Å². The van der Waals surface area contributed by atoms with Gasteiger partial charge < -0.3 is 0 Å². The van der Waals surface area contributed by atoms with Gasteiger partial charge in [-0.3, -0.25) is 0 Å². The standard InChI is InChI=1S/C8H12F4/c1-5-2-3-6(4-7(5)9)8(10,11)12/h5-7H,2-4H2,1H3/t5?,6?,7-/m0/s1. The first-order chi connectivity index (χ1) is 5.41. The van der Waals surface area contributed by atoms with E-state index in [2.05, 4.69) is 0 Å². The van der Waals surface area contributed by atoms with Gasteiger partial charge in [-0.25, -0.2) is 4.39 Å². The fourth-order valence-corrected chi connectivity index (χ4v) is 1.56. The quantitative estimate of drug-likeness (QED) is 0.506. The highest BCUT2D eigenvalue weighted by Crippen LogP contribution is 2.40. The predicted octanol–water partition coefficient (Wildman–Crippen LogP) is 3.32. The minimum Gasteiger partial charge on any atom is -0.247 e. The average Bonchev–Trinajstić information content (AvgIpc) is 1.92. The van der Waals surface area contributed by atoms with Gasteiger partial charge in [0.15, 0.2) is 0 Å². The van der Waals surface area contributed by atoms with E-state index in [0.29, 0.717) is 6.42 Å². The number of rotatable bonds is 0. The molecule has 0 saturated heterocycles. The molecule has 4 heteroatoms. The lowest BCUT2D eigenvalue weighted by Crippen LogP contribution is -2.33. The van der Waals surface area contributed by atoms with Gasteiger partial charge in [-0.15, -0.1) is 0 Å². The Kier molecular flexibility index (Phi) is 2.64. The van der Waals surface area contributed by atoms with E-state index < -0.39 is 18.3 Å². The fraction of sp³-hybridized carbons (Fsp3) is 1.00. The summed E-state index contributed by atoms with van der Waals surface area (Å²) in [5.74, 6) is -1.62. The monoisotopic (exact) mass is 184 g/mol. The smallest absolute Gasteiger partial charge is 0.247 e. The van der Waals surface area contributed by atoms with Crippen LogP contribution in [0.1, 0.15) is 26.2 Å². The molecule has 0 bridgehead atoms. The Balaban J connectivity index is 2.51. The SMILES string of the molecule is CC1CCC(C(F)(F)F)C[C@@H]1F. The van der Waals surface area contributed by atoms with Gasteiger partial charge in [0, 0.05) is 0 Å². The lowest BCUT2D eigenvalue weighted by Gasteiger charge is -2.30. The van der Waals surface area contributed by atoms with E-state index in [1.165, 1.54) is 0 Å². The molecule has 0 amide bonds. The summed E-state index contributed by atoms with van der Waals surface area (Å²) in [6.07, 6.45) is -5.38. The van der Waals surface area contributed by atoms with E-state index in [4.69, 9.17) is 0 Å². The van der Waals surface area contributed by atoms with E-state index in [1.54, 1.807) is 6.92 Å². The largest absolute Gasteiger partial charge is 0.391 e. The van der Waals surface area contributed by atoms with E-state index >= 15 is 0 Å². The van der Waals surface area contributed by atoms with E-state index in [1.807, 2.05) is 0 Å². The third-order valence-corrected chi connectivity index (χ3v) is 2.56. The number of halogens is 4. The zero-order chi connectivity index (χ0) is 9.35. The second kappa shape index (κ2) is 3.23. The molecule has 0 N–H and O–H groups in total. The maximum absolute atomic E-state index is 12.9. The summed E-state index contributed by atoms with van der Waals surface area (Å²) in [6.45, 7) is 1.66. The van der Waals surface area contributed by atoms with Gasteiger partial charge >= 0.3 is 6.18 Å². The molecule has 1 aliphatic carbocycles. The third kappa shape index (κ3) is 2.11. The van der Waals surface area contributed by atoms with Crippen molar-refractivity contribution in [2.75, 3.05) is 0 Å². The maximum Gasteiger partial charge on any atom is 0.391 e. The Morgan fingerprint density at radius 1 is 1.17 bits per heavy atom. The van der Waals surface area contributed by atoms with Crippen molar-refractivity contribution in [3.63, 3.8) is 0 Å². The van der Waals surface area contributed by atoms with E-state index in [9.17, 15) is 17.6 Å². The second-order valence-electron chi connectivity index (χ2n) is 3.54. The summed E-state index contributed by atoms with van der Waals surface area (Å²) in [7, 11) is 0. The van der Waals surface area contributed by atoms with Crippen LogP contribution >= 0.6 is 0 Å². The van der Waals surface area contributed by atoms with Crippen LogP contribution in [0.2, 0.25) is 0 Å². The molecule has 0 spiro atoms. The van der Waals surface area contributed by atoms with Crippen LogP contribution in [0, 0.1) is 11.8 Å². The van der Waals surface area contributed by atoms with Gasteiger partial charge in [0.05, 0.1) is 5.92 Å². The van der Waals surface area contributed by atoms with Gasteiger partial charge in [0.25, 0.3) is 0 Å². The van der Waals surface area contributed by atoms with Crippen LogP contribution in [0.15, 0.2) is 0 Å². The molecule has 0 aromatic heterocycles. The summed E-state index contributed by atoms with van der Waals surface area (Å²) in [5.41, 5.74) is 0. The van der Waals surface area contributed by atoms with Crippen molar-refractivity contribution in [1.29, 1.82) is 0 Å². The average molecular weight is 184 g/mol. The van der Waals surface area contributed by atoms with Crippen LogP contribution in [0.25, 0.3) is 0 Å². The molecule has 0 aliphatic heterocycles. The van der Waals surface area contributed by atoms with E-state index in [0.717, 1.165) is 0 Å². The highest BCUT2D eigenvalue weighted by Gasteiger charge is 2.43. The Hall–Kier alpha value is -0.280. The molecule has 0 aromatic rings. The maximum atomic E-state index is 12.9. The lowest BCUT2D eigenvalue weighted by atomic mass is 9.81. The van der Waals surface area contributed by atoms with Crippen molar-refractivity contribution in [3.05, 3.63) is 0 Å². The summed E-state index contributed by atoms with van der Waals surface area (Å²) in [5, 5.41) is 0. The van der Waals surface area contributed by atoms with Crippen molar-refractivity contribution in [1.82, 2.24) is 0 Å². The van der Waals surface area contributed by atoms with Crippen LogP contribution in [-0.4, -0.2) is 12.3 Å². The molecule has 2 unspecified atom stereocenters. The van der Waals surface area contributed by atoms with Crippen LogP contribution in [0.4, 0.5) is 17.6 Å². The molecule has 72 valence electrons. The highest BCUT2D eigenvalue weighted by atomic mass is 19.4. The van der Waals surface area contributed by atoms with Gasteiger partial charge in [-0.05, 0) is 25.2 Å². The van der Waals surface area contributed by atoms with Crippen LogP contribution in [-0.2, 0) is 0 Å². The molecule has 0 radical (unpaired) electrons. The third-order valence-electron chi connectivity index (χ3n) is 2.56. The minimum atomic E-state index is -4.20. The fourth-order valence-electron chi connectivity index (χ4n) is 1.56.